The molecule has 0 saturated carbocycles. The first-order chi connectivity index (χ1) is 9.76. The largest absolute Gasteiger partial charge is 0.450 e. The van der Waals surface area contributed by atoms with Crippen LogP contribution in [0.5, 0.6) is 0 Å². The van der Waals surface area contributed by atoms with E-state index in [2.05, 4.69) is 6.07 Å². The van der Waals surface area contributed by atoms with E-state index in [0.29, 0.717) is 19.7 Å². The van der Waals surface area contributed by atoms with Gasteiger partial charge in [-0.25, -0.2) is 4.79 Å². The second-order valence-corrected chi connectivity index (χ2v) is 4.64. The highest BCUT2D eigenvalue weighted by atomic mass is 16.6. The molecule has 0 spiro atoms. The predicted octanol–water partition coefficient (Wildman–Crippen LogP) is 3.22. The SMILES string of the molecule is CCOC(=O)N1CCC(=C(C#N)c2ccccc2)CC1. The monoisotopic (exact) mass is 270 g/mol. The Bertz CT molecular complexity index is 533. The van der Waals surface area contributed by atoms with E-state index in [1.165, 1.54) is 0 Å². The number of nitriles is 1. The Hall–Kier alpha value is -2.28. The molecule has 1 aliphatic heterocycles. The molecule has 1 heterocycles. The van der Waals surface area contributed by atoms with Gasteiger partial charge in [0.1, 0.15) is 0 Å². The zero-order chi connectivity index (χ0) is 14.4. The van der Waals surface area contributed by atoms with Crippen molar-refractivity contribution in [2.75, 3.05) is 19.7 Å². The van der Waals surface area contributed by atoms with Crippen LogP contribution < -0.4 is 0 Å². The standard InChI is InChI=1S/C16H18N2O2/c1-2-20-16(19)18-10-8-14(9-11-18)15(12-17)13-6-4-3-5-7-13/h3-7H,2,8-11H2,1H3. The molecule has 4 nitrogen and oxygen atoms in total. The lowest BCUT2D eigenvalue weighted by atomic mass is 9.94. The van der Waals surface area contributed by atoms with Crippen molar-refractivity contribution in [2.24, 2.45) is 0 Å². The summed E-state index contributed by atoms with van der Waals surface area (Å²) in [7, 11) is 0. The molecule has 1 aromatic rings. The number of carbonyl (C=O) groups excluding carboxylic acids is 1. The van der Waals surface area contributed by atoms with Crippen LogP contribution in [0.2, 0.25) is 0 Å². The van der Waals surface area contributed by atoms with Crippen molar-refractivity contribution < 1.29 is 9.53 Å². The molecule has 0 atom stereocenters. The third kappa shape index (κ3) is 3.18. The van der Waals surface area contributed by atoms with Crippen molar-refractivity contribution in [3.8, 4) is 6.07 Å². The van der Waals surface area contributed by atoms with Crippen LogP contribution >= 0.6 is 0 Å². The van der Waals surface area contributed by atoms with E-state index in [9.17, 15) is 10.1 Å². The number of benzene rings is 1. The van der Waals surface area contributed by atoms with Crippen molar-refractivity contribution >= 4 is 11.7 Å². The molecule has 4 heteroatoms. The first kappa shape index (κ1) is 14.1. The predicted molar refractivity (Wildman–Crippen MR) is 76.8 cm³/mol. The lowest BCUT2D eigenvalue weighted by Gasteiger charge is -2.28. The van der Waals surface area contributed by atoms with E-state index in [0.717, 1.165) is 29.6 Å². The fourth-order valence-electron chi connectivity index (χ4n) is 2.38. The lowest BCUT2D eigenvalue weighted by Crippen LogP contribution is -2.36. The Balaban J connectivity index is 2.10. The molecule has 1 aromatic carbocycles. The van der Waals surface area contributed by atoms with Gasteiger partial charge in [-0.15, -0.1) is 0 Å². The van der Waals surface area contributed by atoms with Crippen LogP contribution in [-0.4, -0.2) is 30.7 Å². The Kier molecular flexibility index (Phi) is 4.78. The minimum Gasteiger partial charge on any atom is -0.450 e. The summed E-state index contributed by atoms with van der Waals surface area (Å²) in [6, 6.07) is 12.0. The molecule has 0 aromatic heterocycles. The summed E-state index contributed by atoms with van der Waals surface area (Å²) >= 11 is 0. The summed E-state index contributed by atoms with van der Waals surface area (Å²) in [5, 5.41) is 9.38. The van der Waals surface area contributed by atoms with Gasteiger partial charge in [0.25, 0.3) is 0 Å². The Labute approximate surface area is 119 Å². The van der Waals surface area contributed by atoms with Gasteiger partial charge < -0.3 is 9.64 Å². The van der Waals surface area contributed by atoms with E-state index in [1.807, 2.05) is 30.3 Å². The van der Waals surface area contributed by atoms with E-state index < -0.39 is 0 Å². The van der Waals surface area contributed by atoms with Crippen LogP contribution in [0.1, 0.15) is 25.3 Å². The quantitative estimate of drug-likeness (QED) is 0.775. The summed E-state index contributed by atoms with van der Waals surface area (Å²) in [4.78, 5) is 13.3. The molecule has 0 radical (unpaired) electrons. The van der Waals surface area contributed by atoms with Crippen LogP contribution in [0, 0.1) is 11.3 Å². The normalized spacial score (nSPS) is 14.6. The minimum absolute atomic E-state index is 0.259. The summed E-state index contributed by atoms with van der Waals surface area (Å²) in [6.07, 6.45) is 1.21. The average Bonchev–Trinajstić information content (AvgIpc) is 2.50. The molecule has 0 aliphatic carbocycles. The minimum atomic E-state index is -0.259. The van der Waals surface area contributed by atoms with Gasteiger partial charge in [0.15, 0.2) is 0 Å². The lowest BCUT2D eigenvalue weighted by molar-refractivity contribution is 0.104. The molecular weight excluding hydrogens is 252 g/mol. The fraction of sp³-hybridized carbons (Fsp3) is 0.375. The van der Waals surface area contributed by atoms with E-state index in [-0.39, 0.29) is 6.09 Å². The summed E-state index contributed by atoms with van der Waals surface area (Å²) < 4.78 is 4.99. The number of allylic oxidation sites excluding steroid dienone is 1. The first-order valence-electron chi connectivity index (χ1n) is 6.85. The van der Waals surface area contributed by atoms with Crippen molar-refractivity contribution in [2.45, 2.75) is 19.8 Å². The van der Waals surface area contributed by atoms with Crippen molar-refractivity contribution in [1.82, 2.24) is 4.90 Å². The highest BCUT2D eigenvalue weighted by molar-refractivity contribution is 5.79. The zero-order valence-electron chi connectivity index (χ0n) is 11.6. The number of likely N-dealkylation sites (tertiary alicyclic amines) is 1. The van der Waals surface area contributed by atoms with E-state index in [1.54, 1.807) is 11.8 Å². The summed E-state index contributed by atoms with van der Waals surface area (Å²) in [5.41, 5.74) is 2.82. The fourth-order valence-corrected chi connectivity index (χ4v) is 2.38. The first-order valence-corrected chi connectivity index (χ1v) is 6.85. The van der Waals surface area contributed by atoms with Crippen molar-refractivity contribution in [3.05, 3.63) is 41.5 Å². The Morgan fingerprint density at radius 2 is 1.95 bits per heavy atom. The smallest absolute Gasteiger partial charge is 0.409 e. The second kappa shape index (κ2) is 6.76. The number of nitrogens with zero attached hydrogens (tertiary/aromatic N) is 2. The molecule has 2 rings (SSSR count). The number of rotatable bonds is 2. The van der Waals surface area contributed by atoms with Crippen molar-refractivity contribution in [3.63, 3.8) is 0 Å². The third-order valence-corrected chi connectivity index (χ3v) is 3.42. The maximum absolute atomic E-state index is 11.6. The van der Waals surface area contributed by atoms with Gasteiger partial charge in [0, 0.05) is 13.1 Å². The molecule has 0 N–H and O–H groups in total. The van der Waals surface area contributed by atoms with Gasteiger partial charge in [-0.3, -0.25) is 0 Å². The second-order valence-electron chi connectivity index (χ2n) is 4.64. The molecule has 1 amide bonds. The maximum Gasteiger partial charge on any atom is 0.409 e. The van der Waals surface area contributed by atoms with E-state index in [4.69, 9.17) is 4.74 Å². The van der Waals surface area contributed by atoms with Gasteiger partial charge in [-0.1, -0.05) is 30.3 Å². The van der Waals surface area contributed by atoms with Crippen molar-refractivity contribution in [1.29, 1.82) is 5.26 Å². The van der Waals surface area contributed by atoms with Crippen LogP contribution in [0.3, 0.4) is 0 Å². The molecule has 1 fully saturated rings. The molecule has 0 bridgehead atoms. The molecule has 104 valence electrons. The molecular formula is C16H18N2O2. The van der Waals surface area contributed by atoms with Gasteiger partial charge in [0.05, 0.1) is 18.2 Å². The number of amides is 1. The van der Waals surface area contributed by atoms with Crippen LogP contribution in [0.4, 0.5) is 4.79 Å². The van der Waals surface area contributed by atoms with Crippen LogP contribution in [-0.2, 0) is 4.74 Å². The van der Waals surface area contributed by atoms with E-state index >= 15 is 0 Å². The highest BCUT2D eigenvalue weighted by Crippen LogP contribution is 2.26. The average molecular weight is 270 g/mol. The Morgan fingerprint density at radius 3 is 2.50 bits per heavy atom. The summed E-state index contributed by atoms with van der Waals surface area (Å²) in [6.45, 7) is 3.43. The van der Waals surface area contributed by atoms with Crippen LogP contribution in [0.25, 0.3) is 5.57 Å². The number of hydrogen-bond acceptors (Lipinski definition) is 3. The molecule has 0 unspecified atom stereocenters. The topological polar surface area (TPSA) is 53.3 Å². The highest BCUT2D eigenvalue weighted by Gasteiger charge is 2.22. The third-order valence-electron chi connectivity index (χ3n) is 3.42. The number of carbonyl (C=O) groups is 1. The molecule has 1 aliphatic rings. The molecule has 1 saturated heterocycles. The van der Waals surface area contributed by atoms with Gasteiger partial charge in [-0.2, -0.15) is 5.26 Å². The zero-order valence-corrected chi connectivity index (χ0v) is 11.6. The molecule has 20 heavy (non-hydrogen) atoms. The van der Waals surface area contributed by atoms with Crippen LogP contribution in [0.15, 0.2) is 35.9 Å². The van der Waals surface area contributed by atoms with Gasteiger partial charge in [0.2, 0.25) is 0 Å². The number of hydrogen-bond donors (Lipinski definition) is 0. The van der Waals surface area contributed by atoms with Gasteiger partial charge >= 0.3 is 6.09 Å². The maximum atomic E-state index is 11.6. The Morgan fingerprint density at radius 1 is 1.30 bits per heavy atom. The van der Waals surface area contributed by atoms with Gasteiger partial charge in [-0.05, 0) is 30.9 Å². The number of ether oxygens (including phenoxy) is 1. The summed E-state index contributed by atoms with van der Waals surface area (Å²) in [5.74, 6) is 0. The number of piperidine rings is 1.